The van der Waals surface area contributed by atoms with E-state index in [1.165, 1.54) is 21.8 Å². The molecule has 0 bridgehead atoms. The molecule has 0 radical (unpaired) electrons. The van der Waals surface area contributed by atoms with Gasteiger partial charge in [-0.2, -0.15) is 5.26 Å². The molecular formula is C14H12N2OS. The maximum Gasteiger partial charge on any atom is 0.122 e. The quantitative estimate of drug-likeness (QED) is 0.917. The van der Waals surface area contributed by atoms with Crippen molar-refractivity contribution in [3.63, 3.8) is 0 Å². The number of fused-ring (bicyclic) bond motifs is 1. The first-order valence-corrected chi connectivity index (χ1v) is 6.65. The Balaban J connectivity index is 1.68. The van der Waals surface area contributed by atoms with Crippen LogP contribution < -0.4 is 10.1 Å². The Hall–Kier alpha value is -1.99. The van der Waals surface area contributed by atoms with Crippen molar-refractivity contribution in [3.05, 3.63) is 45.6 Å². The summed E-state index contributed by atoms with van der Waals surface area (Å²) < 4.78 is 5.47. The molecule has 1 aliphatic rings. The molecule has 0 amide bonds. The lowest BCUT2D eigenvalue weighted by atomic mass is 10.1. The predicted molar refractivity (Wildman–Crippen MR) is 72.0 cm³/mol. The number of ether oxygens (including phenoxy) is 1. The van der Waals surface area contributed by atoms with E-state index in [0.29, 0.717) is 0 Å². The number of hydrogen-bond donors (Lipinski definition) is 1. The van der Waals surface area contributed by atoms with Crippen molar-refractivity contribution in [3.8, 4) is 11.8 Å². The van der Waals surface area contributed by atoms with Gasteiger partial charge in [-0.15, -0.1) is 11.3 Å². The standard InChI is InChI=1S/C14H12N2OS/c15-8-12-2-3-13(18-12)9-16-11-1-4-14-10(7-11)5-6-17-14/h1-4,7,16H,5-6,9H2. The van der Waals surface area contributed by atoms with Crippen LogP contribution in [-0.4, -0.2) is 6.61 Å². The summed E-state index contributed by atoms with van der Waals surface area (Å²) in [4.78, 5) is 1.93. The molecule has 0 saturated heterocycles. The van der Waals surface area contributed by atoms with E-state index < -0.39 is 0 Å². The summed E-state index contributed by atoms with van der Waals surface area (Å²) in [6.45, 7) is 1.54. The summed E-state index contributed by atoms with van der Waals surface area (Å²) in [5.74, 6) is 1.00. The van der Waals surface area contributed by atoms with Crippen molar-refractivity contribution >= 4 is 17.0 Å². The predicted octanol–water partition coefficient (Wildman–Crippen LogP) is 3.17. The molecule has 90 valence electrons. The number of hydrogen-bond acceptors (Lipinski definition) is 4. The van der Waals surface area contributed by atoms with E-state index in [1.807, 2.05) is 24.3 Å². The molecule has 0 aliphatic carbocycles. The van der Waals surface area contributed by atoms with E-state index >= 15 is 0 Å². The van der Waals surface area contributed by atoms with Gasteiger partial charge in [-0.1, -0.05) is 0 Å². The molecule has 0 fully saturated rings. The molecule has 0 unspecified atom stereocenters. The van der Waals surface area contributed by atoms with Gasteiger partial charge < -0.3 is 10.1 Å². The molecule has 0 spiro atoms. The number of anilines is 1. The van der Waals surface area contributed by atoms with Gasteiger partial charge in [0.2, 0.25) is 0 Å². The van der Waals surface area contributed by atoms with Crippen molar-refractivity contribution < 1.29 is 4.74 Å². The normalized spacial score (nSPS) is 12.6. The molecular weight excluding hydrogens is 244 g/mol. The monoisotopic (exact) mass is 256 g/mol. The van der Waals surface area contributed by atoms with Gasteiger partial charge in [0.15, 0.2) is 0 Å². The Bertz CT molecular complexity index is 612. The number of nitrogens with zero attached hydrogens (tertiary/aromatic N) is 1. The van der Waals surface area contributed by atoms with Gasteiger partial charge in [0.1, 0.15) is 16.7 Å². The highest BCUT2D eigenvalue weighted by Crippen LogP contribution is 2.28. The minimum absolute atomic E-state index is 0.756. The summed E-state index contributed by atoms with van der Waals surface area (Å²) in [5.41, 5.74) is 2.37. The summed E-state index contributed by atoms with van der Waals surface area (Å²) in [6, 6.07) is 12.2. The van der Waals surface area contributed by atoms with Crippen LogP contribution in [0.1, 0.15) is 15.3 Å². The minimum atomic E-state index is 0.756. The first-order valence-electron chi connectivity index (χ1n) is 5.83. The highest BCUT2D eigenvalue weighted by molar-refractivity contribution is 7.12. The van der Waals surface area contributed by atoms with Crippen molar-refractivity contribution in [1.29, 1.82) is 5.26 Å². The zero-order chi connectivity index (χ0) is 12.4. The molecule has 1 aromatic carbocycles. The molecule has 2 heterocycles. The van der Waals surface area contributed by atoms with Crippen molar-refractivity contribution in [2.75, 3.05) is 11.9 Å². The van der Waals surface area contributed by atoms with E-state index in [2.05, 4.69) is 17.5 Å². The topological polar surface area (TPSA) is 45.0 Å². The highest BCUT2D eigenvalue weighted by Gasteiger charge is 2.11. The maximum atomic E-state index is 8.77. The molecule has 3 rings (SSSR count). The second-order valence-electron chi connectivity index (χ2n) is 4.15. The second kappa shape index (κ2) is 4.71. The smallest absolute Gasteiger partial charge is 0.122 e. The van der Waals surface area contributed by atoms with E-state index in [9.17, 15) is 0 Å². The van der Waals surface area contributed by atoms with Crippen LogP contribution in [0.2, 0.25) is 0 Å². The lowest BCUT2D eigenvalue weighted by Crippen LogP contribution is -1.97. The SMILES string of the molecule is N#Cc1ccc(CNc2ccc3c(c2)CCO3)s1. The Labute approximate surface area is 110 Å². The van der Waals surface area contributed by atoms with Gasteiger partial charge in [0, 0.05) is 23.5 Å². The molecule has 3 nitrogen and oxygen atoms in total. The van der Waals surface area contributed by atoms with Gasteiger partial charge in [-0.3, -0.25) is 0 Å². The fraction of sp³-hybridized carbons (Fsp3) is 0.214. The van der Waals surface area contributed by atoms with E-state index in [0.717, 1.165) is 35.9 Å². The molecule has 1 aromatic heterocycles. The van der Waals surface area contributed by atoms with Crippen LogP contribution in [0.4, 0.5) is 5.69 Å². The van der Waals surface area contributed by atoms with Crippen LogP contribution in [-0.2, 0) is 13.0 Å². The molecule has 4 heteroatoms. The number of nitrogens with one attached hydrogen (secondary N) is 1. The lowest BCUT2D eigenvalue weighted by molar-refractivity contribution is 0.357. The summed E-state index contributed by atoms with van der Waals surface area (Å²) in [7, 11) is 0. The average Bonchev–Trinajstić information content (AvgIpc) is 3.04. The molecule has 18 heavy (non-hydrogen) atoms. The Morgan fingerprint density at radius 3 is 3.11 bits per heavy atom. The number of rotatable bonds is 3. The summed E-state index contributed by atoms with van der Waals surface area (Å²) >= 11 is 1.53. The van der Waals surface area contributed by atoms with Crippen molar-refractivity contribution in [1.82, 2.24) is 0 Å². The first kappa shape index (κ1) is 11.1. The molecule has 1 aliphatic heterocycles. The Kier molecular flexibility index (Phi) is 2.91. The third-order valence-electron chi connectivity index (χ3n) is 2.93. The maximum absolute atomic E-state index is 8.77. The van der Waals surface area contributed by atoms with E-state index in [-0.39, 0.29) is 0 Å². The number of benzene rings is 1. The van der Waals surface area contributed by atoms with Crippen LogP contribution >= 0.6 is 11.3 Å². The van der Waals surface area contributed by atoms with Crippen LogP contribution in [0, 0.1) is 11.3 Å². The molecule has 2 aromatic rings. The van der Waals surface area contributed by atoms with Crippen molar-refractivity contribution in [2.45, 2.75) is 13.0 Å². The fourth-order valence-corrected chi connectivity index (χ4v) is 2.76. The number of thiophene rings is 1. The first-order chi connectivity index (χ1) is 8.85. The lowest BCUT2D eigenvalue weighted by Gasteiger charge is -2.06. The van der Waals surface area contributed by atoms with Crippen LogP contribution in [0.3, 0.4) is 0 Å². The van der Waals surface area contributed by atoms with Gasteiger partial charge >= 0.3 is 0 Å². The molecule has 0 saturated carbocycles. The number of nitriles is 1. The van der Waals surface area contributed by atoms with Gasteiger partial charge in [0.25, 0.3) is 0 Å². The van der Waals surface area contributed by atoms with Crippen molar-refractivity contribution in [2.24, 2.45) is 0 Å². The summed E-state index contributed by atoms with van der Waals surface area (Å²) in [6.07, 6.45) is 0.989. The third-order valence-corrected chi connectivity index (χ3v) is 3.92. The second-order valence-corrected chi connectivity index (χ2v) is 5.32. The Morgan fingerprint density at radius 1 is 1.33 bits per heavy atom. The molecule has 1 N–H and O–H groups in total. The van der Waals surface area contributed by atoms with Gasteiger partial charge in [0.05, 0.1) is 6.61 Å². The minimum Gasteiger partial charge on any atom is -0.493 e. The zero-order valence-corrected chi connectivity index (χ0v) is 10.6. The zero-order valence-electron chi connectivity index (χ0n) is 9.77. The van der Waals surface area contributed by atoms with Crippen LogP contribution in [0.15, 0.2) is 30.3 Å². The van der Waals surface area contributed by atoms with E-state index in [4.69, 9.17) is 10.00 Å². The average molecular weight is 256 g/mol. The Morgan fingerprint density at radius 2 is 2.28 bits per heavy atom. The van der Waals surface area contributed by atoms with Gasteiger partial charge in [-0.25, -0.2) is 0 Å². The van der Waals surface area contributed by atoms with Crippen LogP contribution in [0.5, 0.6) is 5.75 Å². The fourth-order valence-electron chi connectivity index (χ4n) is 2.02. The largest absolute Gasteiger partial charge is 0.493 e. The molecule has 0 atom stereocenters. The highest BCUT2D eigenvalue weighted by atomic mass is 32.1. The third kappa shape index (κ3) is 2.18. The van der Waals surface area contributed by atoms with Gasteiger partial charge in [-0.05, 0) is 35.9 Å². The van der Waals surface area contributed by atoms with Crippen LogP contribution in [0.25, 0.3) is 0 Å². The van der Waals surface area contributed by atoms with E-state index in [1.54, 1.807) is 0 Å². The summed E-state index contributed by atoms with van der Waals surface area (Å²) in [5, 5.41) is 12.1.